The number of rotatable bonds is 3. The van der Waals surface area contributed by atoms with Gasteiger partial charge in [-0.15, -0.1) is 0 Å². The van der Waals surface area contributed by atoms with Gasteiger partial charge in [0.25, 0.3) is 0 Å². The molecule has 1 amide bonds. The van der Waals surface area contributed by atoms with E-state index in [1.54, 1.807) is 0 Å². The Morgan fingerprint density at radius 3 is 2.83 bits per heavy atom. The van der Waals surface area contributed by atoms with Crippen LogP contribution in [0.2, 0.25) is 0 Å². The smallest absolute Gasteiger partial charge is 0.332 e. The van der Waals surface area contributed by atoms with E-state index in [1.807, 2.05) is 4.90 Å². The molecule has 0 aromatic heterocycles. The number of hydrogen-bond acceptors (Lipinski definition) is 3. The summed E-state index contributed by atoms with van der Waals surface area (Å²) in [6, 6.07) is 0. The molecule has 0 spiro atoms. The van der Waals surface area contributed by atoms with Crippen LogP contribution in [0, 0.1) is 5.92 Å². The lowest BCUT2D eigenvalue weighted by atomic mass is 10.0. The van der Waals surface area contributed by atoms with E-state index in [9.17, 15) is 9.59 Å². The summed E-state index contributed by atoms with van der Waals surface area (Å²) in [6.45, 7) is 3.50. The summed E-state index contributed by atoms with van der Waals surface area (Å²) in [6.07, 6.45) is 3.09. The Kier molecular flexibility index (Phi) is 4.22. The molecule has 0 bridgehead atoms. The fourth-order valence-corrected chi connectivity index (χ4v) is 2.63. The van der Waals surface area contributed by atoms with Crippen molar-refractivity contribution in [3.63, 3.8) is 0 Å². The Bertz CT molecular complexity index is 331. The Labute approximate surface area is 107 Å². The monoisotopic (exact) mass is 255 g/mol. The molecule has 1 N–H and O–H groups in total. The van der Waals surface area contributed by atoms with Gasteiger partial charge in [-0.2, -0.15) is 0 Å². The van der Waals surface area contributed by atoms with Crippen LogP contribution in [0.15, 0.2) is 0 Å². The van der Waals surface area contributed by atoms with Crippen LogP contribution < -0.4 is 0 Å². The summed E-state index contributed by atoms with van der Waals surface area (Å²) in [5.74, 6) is -0.120. The van der Waals surface area contributed by atoms with E-state index in [4.69, 9.17) is 9.84 Å². The van der Waals surface area contributed by atoms with Gasteiger partial charge in [-0.3, -0.25) is 4.79 Å². The van der Waals surface area contributed by atoms with Gasteiger partial charge in [0.1, 0.15) is 0 Å². The van der Waals surface area contributed by atoms with Crippen molar-refractivity contribution in [2.75, 3.05) is 13.1 Å². The minimum absolute atomic E-state index is 0.108. The van der Waals surface area contributed by atoms with Gasteiger partial charge >= 0.3 is 5.97 Å². The summed E-state index contributed by atoms with van der Waals surface area (Å²) in [5, 5.41) is 8.86. The van der Waals surface area contributed by atoms with Crippen molar-refractivity contribution in [3.05, 3.63) is 0 Å². The van der Waals surface area contributed by atoms with Crippen LogP contribution in [0.5, 0.6) is 0 Å². The van der Waals surface area contributed by atoms with Crippen LogP contribution in [0.4, 0.5) is 0 Å². The highest BCUT2D eigenvalue weighted by Crippen LogP contribution is 2.23. The highest BCUT2D eigenvalue weighted by atomic mass is 16.5. The predicted octanol–water partition coefficient (Wildman–Crippen LogP) is 1.27. The molecule has 2 heterocycles. The summed E-state index contributed by atoms with van der Waals surface area (Å²) >= 11 is 0. The SMILES string of the molecule is CC1CCC(=O)N(CC2CCC(C(=O)O)O2)CC1. The molecular formula is C13H21NO4. The molecule has 0 saturated carbocycles. The lowest BCUT2D eigenvalue weighted by molar-refractivity contribution is -0.150. The molecule has 0 radical (unpaired) electrons. The molecule has 0 aromatic carbocycles. The van der Waals surface area contributed by atoms with Gasteiger partial charge in [0, 0.05) is 19.5 Å². The summed E-state index contributed by atoms with van der Waals surface area (Å²) in [5.41, 5.74) is 0. The van der Waals surface area contributed by atoms with Crippen LogP contribution >= 0.6 is 0 Å². The zero-order chi connectivity index (χ0) is 13.1. The lowest BCUT2D eigenvalue weighted by Crippen LogP contribution is -2.37. The van der Waals surface area contributed by atoms with E-state index in [-0.39, 0.29) is 12.0 Å². The van der Waals surface area contributed by atoms with Crippen molar-refractivity contribution >= 4 is 11.9 Å². The van der Waals surface area contributed by atoms with Gasteiger partial charge in [-0.25, -0.2) is 4.79 Å². The van der Waals surface area contributed by atoms with Crippen LogP contribution in [0.3, 0.4) is 0 Å². The van der Waals surface area contributed by atoms with Crippen molar-refractivity contribution in [2.45, 2.75) is 51.2 Å². The molecule has 3 unspecified atom stereocenters. The molecule has 2 saturated heterocycles. The first-order valence-electron chi connectivity index (χ1n) is 6.72. The Morgan fingerprint density at radius 1 is 1.39 bits per heavy atom. The zero-order valence-electron chi connectivity index (χ0n) is 10.8. The van der Waals surface area contributed by atoms with Crippen molar-refractivity contribution in [2.24, 2.45) is 5.92 Å². The molecule has 0 aliphatic carbocycles. The molecule has 3 atom stereocenters. The maximum Gasteiger partial charge on any atom is 0.332 e. The number of likely N-dealkylation sites (tertiary alicyclic amines) is 1. The first-order valence-corrected chi connectivity index (χ1v) is 6.72. The number of nitrogens with zero attached hydrogens (tertiary/aromatic N) is 1. The number of amides is 1. The number of hydrogen-bond donors (Lipinski definition) is 1. The van der Waals surface area contributed by atoms with Gasteiger partial charge in [-0.05, 0) is 31.6 Å². The Hall–Kier alpha value is -1.10. The standard InChI is InChI=1S/C13H21NO4/c1-9-2-5-12(15)14(7-6-9)8-10-3-4-11(18-10)13(16)17/h9-11H,2-8H2,1H3,(H,16,17). The van der Waals surface area contributed by atoms with Crippen LogP contribution in [0.25, 0.3) is 0 Å². The first-order chi connectivity index (χ1) is 8.56. The third kappa shape index (κ3) is 3.22. The van der Waals surface area contributed by atoms with E-state index in [2.05, 4.69) is 6.92 Å². The third-order valence-corrected chi connectivity index (χ3v) is 3.90. The number of carboxylic acids is 1. The second-order valence-corrected chi connectivity index (χ2v) is 5.43. The predicted molar refractivity (Wildman–Crippen MR) is 65.1 cm³/mol. The molecule has 0 aromatic rings. The van der Waals surface area contributed by atoms with Gasteiger partial charge in [0.05, 0.1) is 6.10 Å². The maximum atomic E-state index is 11.9. The molecule has 18 heavy (non-hydrogen) atoms. The van der Waals surface area contributed by atoms with Crippen LogP contribution in [-0.4, -0.2) is 47.2 Å². The molecule has 2 aliphatic heterocycles. The van der Waals surface area contributed by atoms with Crippen molar-refractivity contribution in [1.82, 2.24) is 4.90 Å². The third-order valence-electron chi connectivity index (χ3n) is 3.90. The van der Waals surface area contributed by atoms with E-state index in [0.29, 0.717) is 25.3 Å². The van der Waals surface area contributed by atoms with Crippen LogP contribution in [0.1, 0.15) is 39.0 Å². The number of aliphatic carboxylic acids is 1. The topological polar surface area (TPSA) is 66.8 Å². The number of carbonyl (C=O) groups is 2. The van der Waals surface area contributed by atoms with E-state index >= 15 is 0 Å². The summed E-state index contributed by atoms with van der Waals surface area (Å²) < 4.78 is 5.45. The van der Waals surface area contributed by atoms with Crippen molar-refractivity contribution in [1.29, 1.82) is 0 Å². The minimum Gasteiger partial charge on any atom is -0.479 e. The average molecular weight is 255 g/mol. The van der Waals surface area contributed by atoms with Gasteiger partial charge in [-0.1, -0.05) is 6.92 Å². The second kappa shape index (κ2) is 5.69. The van der Waals surface area contributed by atoms with Crippen LogP contribution in [-0.2, 0) is 14.3 Å². The lowest BCUT2D eigenvalue weighted by Gasteiger charge is -2.24. The minimum atomic E-state index is -0.895. The molecule has 2 aliphatic rings. The molecule has 5 heteroatoms. The first kappa shape index (κ1) is 13.3. The molecule has 102 valence electrons. The second-order valence-electron chi connectivity index (χ2n) is 5.43. The fraction of sp³-hybridized carbons (Fsp3) is 0.846. The largest absolute Gasteiger partial charge is 0.479 e. The Morgan fingerprint density at radius 2 is 2.17 bits per heavy atom. The quantitative estimate of drug-likeness (QED) is 0.824. The Balaban J connectivity index is 1.85. The number of ether oxygens (including phenoxy) is 1. The highest BCUT2D eigenvalue weighted by molar-refractivity contribution is 5.76. The molecule has 2 fully saturated rings. The molecule has 2 rings (SSSR count). The molecule has 5 nitrogen and oxygen atoms in total. The van der Waals surface area contributed by atoms with Crippen molar-refractivity contribution in [3.8, 4) is 0 Å². The van der Waals surface area contributed by atoms with Gasteiger partial charge in [0.15, 0.2) is 6.10 Å². The fourth-order valence-electron chi connectivity index (χ4n) is 2.63. The normalized spacial score (nSPS) is 33.5. The van der Waals surface area contributed by atoms with E-state index in [1.165, 1.54) is 0 Å². The zero-order valence-corrected chi connectivity index (χ0v) is 10.8. The average Bonchev–Trinajstić information content (AvgIpc) is 2.74. The number of carbonyl (C=O) groups excluding carboxylic acids is 1. The molecular weight excluding hydrogens is 234 g/mol. The number of carboxylic acid groups (broad SMARTS) is 1. The maximum absolute atomic E-state index is 11.9. The van der Waals surface area contributed by atoms with Gasteiger partial charge < -0.3 is 14.7 Å². The van der Waals surface area contributed by atoms with Gasteiger partial charge in [0.2, 0.25) is 5.91 Å². The highest BCUT2D eigenvalue weighted by Gasteiger charge is 2.32. The van der Waals surface area contributed by atoms with Crippen molar-refractivity contribution < 1.29 is 19.4 Å². The van der Waals surface area contributed by atoms with E-state index < -0.39 is 12.1 Å². The summed E-state index contributed by atoms with van der Waals surface area (Å²) in [4.78, 5) is 24.6. The van der Waals surface area contributed by atoms with E-state index in [0.717, 1.165) is 25.8 Å². The summed E-state index contributed by atoms with van der Waals surface area (Å²) in [7, 11) is 0.